The molecule has 1 heterocycles. The van der Waals surface area contributed by atoms with E-state index >= 15 is 0 Å². The standard InChI is InChI=1S/C11H16ClN3O2/c1-7(16)6-13-10(17)5-4-9-8(2)14-15(3)11(9)12/h4-5,7,16H,6H2,1-3H3,(H,13,17)/b5-4+/t7-/m0/s1. The molecule has 1 aromatic heterocycles. The molecule has 0 saturated heterocycles. The molecular formula is C11H16ClN3O2. The molecule has 0 bridgehead atoms. The first-order valence-corrected chi connectivity index (χ1v) is 5.62. The molecule has 1 atom stereocenters. The molecule has 2 N–H and O–H groups in total. The number of carbonyl (C=O) groups excluding carboxylic acids is 1. The minimum absolute atomic E-state index is 0.225. The average molecular weight is 258 g/mol. The highest BCUT2D eigenvalue weighted by atomic mass is 35.5. The van der Waals surface area contributed by atoms with E-state index in [1.807, 2.05) is 6.92 Å². The first-order chi connectivity index (χ1) is 7.91. The zero-order valence-corrected chi connectivity index (χ0v) is 10.8. The Labute approximate surface area is 105 Å². The number of aryl methyl sites for hydroxylation is 2. The fourth-order valence-electron chi connectivity index (χ4n) is 1.30. The SMILES string of the molecule is Cc1nn(C)c(Cl)c1/C=C/C(=O)NC[C@H](C)O. The van der Waals surface area contributed by atoms with E-state index in [0.29, 0.717) is 5.15 Å². The maximum atomic E-state index is 11.4. The van der Waals surface area contributed by atoms with Gasteiger partial charge in [0.1, 0.15) is 5.15 Å². The lowest BCUT2D eigenvalue weighted by Gasteiger charge is -2.03. The number of hydrogen-bond donors (Lipinski definition) is 2. The van der Waals surface area contributed by atoms with Gasteiger partial charge in [-0.2, -0.15) is 5.10 Å². The lowest BCUT2D eigenvalue weighted by molar-refractivity contribution is -0.116. The predicted molar refractivity (Wildman–Crippen MR) is 66.7 cm³/mol. The normalized spacial score (nSPS) is 13.0. The van der Waals surface area contributed by atoms with Crippen LogP contribution in [0.25, 0.3) is 6.08 Å². The molecule has 1 aromatic rings. The number of aromatic nitrogens is 2. The largest absolute Gasteiger partial charge is 0.392 e. The zero-order chi connectivity index (χ0) is 13.0. The second-order valence-corrected chi connectivity index (χ2v) is 4.20. The van der Waals surface area contributed by atoms with Gasteiger partial charge in [-0.3, -0.25) is 9.48 Å². The van der Waals surface area contributed by atoms with Crippen LogP contribution in [0, 0.1) is 6.92 Å². The van der Waals surface area contributed by atoms with Gasteiger partial charge in [-0.05, 0) is 19.9 Å². The third-order valence-electron chi connectivity index (χ3n) is 2.17. The van der Waals surface area contributed by atoms with E-state index in [0.717, 1.165) is 11.3 Å². The van der Waals surface area contributed by atoms with Gasteiger partial charge in [-0.1, -0.05) is 11.6 Å². The van der Waals surface area contributed by atoms with Crippen LogP contribution in [0.5, 0.6) is 0 Å². The smallest absolute Gasteiger partial charge is 0.244 e. The van der Waals surface area contributed by atoms with Crippen molar-refractivity contribution >= 4 is 23.6 Å². The van der Waals surface area contributed by atoms with Crippen molar-refractivity contribution in [1.82, 2.24) is 15.1 Å². The van der Waals surface area contributed by atoms with E-state index in [9.17, 15) is 4.79 Å². The molecule has 6 heteroatoms. The number of rotatable bonds is 4. The Kier molecular flexibility index (Phi) is 4.72. The Balaban J connectivity index is 2.67. The van der Waals surface area contributed by atoms with Crippen molar-refractivity contribution in [3.8, 4) is 0 Å². The summed E-state index contributed by atoms with van der Waals surface area (Å²) in [6.07, 6.45) is 2.43. The van der Waals surface area contributed by atoms with Crippen LogP contribution in [-0.2, 0) is 11.8 Å². The molecule has 0 aliphatic carbocycles. The topological polar surface area (TPSA) is 67.2 Å². The van der Waals surface area contributed by atoms with Gasteiger partial charge in [-0.25, -0.2) is 0 Å². The summed E-state index contributed by atoms with van der Waals surface area (Å²) >= 11 is 6.00. The summed E-state index contributed by atoms with van der Waals surface area (Å²) < 4.78 is 1.55. The fourth-order valence-corrected chi connectivity index (χ4v) is 1.54. The molecule has 0 saturated carbocycles. The third kappa shape index (κ3) is 3.87. The number of nitrogens with zero attached hydrogens (tertiary/aromatic N) is 2. The molecule has 5 nitrogen and oxygen atoms in total. The minimum Gasteiger partial charge on any atom is -0.392 e. The summed E-state index contributed by atoms with van der Waals surface area (Å²) in [5.74, 6) is -0.273. The van der Waals surface area contributed by atoms with Gasteiger partial charge in [0.2, 0.25) is 5.91 Å². The maximum Gasteiger partial charge on any atom is 0.244 e. The summed E-state index contributed by atoms with van der Waals surface area (Å²) in [5.41, 5.74) is 1.48. The Morgan fingerprint density at radius 2 is 2.35 bits per heavy atom. The van der Waals surface area contributed by atoms with Gasteiger partial charge in [0.15, 0.2) is 0 Å². The summed E-state index contributed by atoms with van der Waals surface area (Å²) in [5, 5.41) is 16.2. The van der Waals surface area contributed by atoms with Crippen LogP contribution < -0.4 is 5.32 Å². The minimum atomic E-state index is -0.559. The maximum absolute atomic E-state index is 11.4. The second kappa shape index (κ2) is 5.84. The first-order valence-electron chi connectivity index (χ1n) is 5.25. The van der Waals surface area contributed by atoms with Gasteiger partial charge < -0.3 is 10.4 Å². The highest BCUT2D eigenvalue weighted by molar-refractivity contribution is 6.31. The molecule has 0 aromatic carbocycles. The Hall–Kier alpha value is -1.33. The van der Waals surface area contributed by atoms with Crippen LogP contribution in [0.15, 0.2) is 6.08 Å². The molecule has 0 unspecified atom stereocenters. The van der Waals surface area contributed by atoms with Gasteiger partial charge in [0, 0.05) is 25.2 Å². The van der Waals surface area contributed by atoms with E-state index in [4.69, 9.17) is 16.7 Å². The van der Waals surface area contributed by atoms with E-state index in [2.05, 4.69) is 10.4 Å². The van der Waals surface area contributed by atoms with Crippen LogP contribution in [0.1, 0.15) is 18.2 Å². The van der Waals surface area contributed by atoms with Crippen molar-refractivity contribution < 1.29 is 9.90 Å². The van der Waals surface area contributed by atoms with Crippen LogP contribution in [0.2, 0.25) is 5.15 Å². The number of aliphatic hydroxyl groups is 1. The number of aliphatic hydroxyl groups excluding tert-OH is 1. The number of halogens is 1. The lowest BCUT2D eigenvalue weighted by Crippen LogP contribution is -2.28. The number of hydrogen-bond acceptors (Lipinski definition) is 3. The monoisotopic (exact) mass is 257 g/mol. The first kappa shape index (κ1) is 13.7. The van der Waals surface area contributed by atoms with Crippen LogP contribution in [0.3, 0.4) is 0 Å². The highest BCUT2D eigenvalue weighted by Crippen LogP contribution is 2.19. The van der Waals surface area contributed by atoms with Crippen LogP contribution in [-0.4, -0.2) is 33.4 Å². The van der Waals surface area contributed by atoms with Crippen molar-refractivity contribution in [2.45, 2.75) is 20.0 Å². The number of carbonyl (C=O) groups is 1. The summed E-state index contributed by atoms with van der Waals surface area (Å²) in [6, 6.07) is 0. The molecule has 0 aliphatic heterocycles. The number of nitrogens with one attached hydrogen (secondary N) is 1. The Bertz CT molecular complexity index is 438. The summed E-state index contributed by atoms with van der Waals surface area (Å²) in [7, 11) is 1.74. The van der Waals surface area contributed by atoms with E-state index in [1.54, 1.807) is 24.7 Å². The van der Waals surface area contributed by atoms with Crippen molar-refractivity contribution in [3.05, 3.63) is 22.5 Å². The molecule has 94 valence electrons. The highest BCUT2D eigenvalue weighted by Gasteiger charge is 2.08. The van der Waals surface area contributed by atoms with Crippen molar-refractivity contribution in [3.63, 3.8) is 0 Å². The molecule has 0 spiro atoms. The van der Waals surface area contributed by atoms with Gasteiger partial charge in [0.25, 0.3) is 0 Å². The average Bonchev–Trinajstić information content (AvgIpc) is 2.48. The zero-order valence-electron chi connectivity index (χ0n) is 10.1. The molecule has 0 radical (unpaired) electrons. The van der Waals surface area contributed by atoms with Crippen molar-refractivity contribution in [2.75, 3.05) is 6.54 Å². The Morgan fingerprint density at radius 3 is 2.82 bits per heavy atom. The van der Waals surface area contributed by atoms with Crippen LogP contribution >= 0.6 is 11.6 Å². The van der Waals surface area contributed by atoms with Crippen molar-refractivity contribution in [2.24, 2.45) is 7.05 Å². The second-order valence-electron chi connectivity index (χ2n) is 3.84. The molecule has 0 aliphatic rings. The molecular weight excluding hydrogens is 242 g/mol. The Morgan fingerprint density at radius 1 is 1.71 bits per heavy atom. The van der Waals surface area contributed by atoms with E-state index in [1.165, 1.54) is 6.08 Å². The molecule has 17 heavy (non-hydrogen) atoms. The third-order valence-corrected chi connectivity index (χ3v) is 2.62. The summed E-state index contributed by atoms with van der Waals surface area (Å²) in [4.78, 5) is 11.4. The van der Waals surface area contributed by atoms with Gasteiger partial charge in [-0.15, -0.1) is 0 Å². The predicted octanol–water partition coefficient (Wildman–Crippen LogP) is 0.892. The quantitative estimate of drug-likeness (QED) is 0.788. The molecule has 1 amide bonds. The van der Waals surface area contributed by atoms with E-state index in [-0.39, 0.29) is 12.5 Å². The van der Waals surface area contributed by atoms with E-state index < -0.39 is 6.10 Å². The van der Waals surface area contributed by atoms with Crippen LogP contribution in [0.4, 0.5) is 0 Å². The fraction of sp³-hybridized carbons (Fsp3) is 0.455. The number of amides is 1. The summed E-state index contributed by atoms with van der Waals surface area (Å²) in [6.45, 7) is 3.65. The molecule has 0 fully saturated rings. The molecule has 1 rings (SSSR count). The van der Waals surface area contributed by atoms with Crippen molar-refractivity contribution in [1.29, 1.82) is 0 Å². The lowest BCUT2D eigenvalue weighted by atomic mass is 10.2. The van der Waals surface area contributed by atoms with Gasteiger partial charge >= 0.3 is 0 Å². The van der Waals surface area contributed by atoms with Gasteiger partial charge in [0.05, 0.1) is 11.8 Å².